The van der Waals surface area contributed by atoms with Gasteiger partial charge < -0.3 is 19.9 Å². The maximum absolute atomic E-state index is 11.7. The van der Waals surface area contributed by atoms with Crippen LogP contribution in [0.3, 0.4) is 0 Å². The third-order valence-electron chi connectivity index (χ3n) is 5.66. The number of likely N-dealkylation sites (tertiary alicyclic amines) is 1. The number of imidazole rings is 1. The molecule has 2 aliphatic rings. The van der Waals surface area contributed by atoms with Crippen LogP contribution in [-0.4, -0.2) is 53.4 Å². The summed E-state index contributed by atoms with van der Waals surface area (Å²) in [5, 5.41) is 4.31. The van der Waals surface area contributed by atoms with Gasteiger partial charge in [-0.1, -0.05) is 0 Å². The van der Waals surface area contributed by atoms with E-state index in [-0.39, 0.29) is 12.1 Å². The van der Waals surface area contributed by atoms with E-state index in [1.54, 1.807) is 17.4 Å². The first-order valence-corrected chi connectivity index (χ1v) is 10.2. The number of rotatable bonds is 3. The molecule has 1 atom stereocenters. The lowest BCUT2D eigenvalue weighted by molar-refractivity contribution is 0.201. The molecule has 0 radical (unpaired) electrons. The summed E-state index contributed by atoms with van der Waals surface area (Å²) in [4.78, 5) is 27.3. The number of hydrogen-bond donors (Lipinski definition) is 1. The summed E-state index contributed by atoms with van der Waals surface area (Å²) in [7, 11) is 0. The third kappa shape index (κ3) is 2.99. The fourth-order valence-electron chi connectivity index (χ4n) is 4.23. The molecule has 1 saturated heterocycles. The molecule has 0 saturated carbocycles. The van der Waals surface area contributed by atoms with Gasteiger partial charge in [-0.3, -0.25) is 4.98 Å². The summed E-state index contributed by atoms with van der Waals surface area (Å²) in [5.74, 6) is 2.24. The monoisotopic (exact) mass is 408 g/mol. The molecule has 1 unspecified atom stereocenters. The van der Waals surface area contributed by atoms with Crippen LogP contribution in [0.2, 0.25) is 0 Å². The number of carbonyl (C=O) groups is 1. The minimum absolute atomic E-state index is 0.112. The van der Waals surface area contributed by atoms with Crippen molar-refractivity contribution in [2.24, 2.45) is 5.73 Å². The summed E-state index contributed by atoms with van der Waals surface area (Å²) < 4.78 is 9.93. The number of hydrogen-bond acceptors (Lipinski definition) is 6. The highest BCUT2D eigenvalue weighted by Gasteiger charge is 2.31. The molecule has 10 nitrogen and oxygen atoms in total. The first-order valence-electron chi connectivity index (χ1n) is 10.2. The second-order valence-corrected chi connectivity index (χ2v) is 7.91. The maximum Gasteiger partial charge on any atom is 0.315 e. The molecule has 2 aliphatic heterocycles. The van der Waals surface area contributed by atoms with E-state index < -0.39 is 6.03 Å². The number of fused-ring (bicyclic) bond motifs is 3. The molecule has 5 heterocycles. The lowest BCUT2D eigenvalue weighted by Gasteiger charge is -2.22. The number of ether oxygens (including phenoxy) is 1. The Labute approximate surface area is 173 Å². The van der Waals surface area contributed by atoms with Gasteiger partial charge in [-0.2, -0.15) is 5.10 Å². The van der Waals surface area contributed by atoms with Crippen LogP contribution in [0.4, 0.5) is 4.79 Å². The number of urea groups is 1. The average molecular weight is 408 g/mol. The first-order chi connectivity index (χ1) is 14.5. The zero-order valence-corrected chi connectivity index (χ0v) is 17.0. The van der Waals surface area contributed by atoms with Crippen molar-refractivity contribution >= 4 is 6.03 Å². The van der Waals surface area contributed by atoms with E-state index in [0.717, 1.165) is 47.2 Å². The number of carbonyl (C=O) groups excluding carboxylic acids is 1. The molecule has 0 bridgehead atoms. The van der Waals surface area contributed by atoms with E-state index in [0.29, 0.717) is 19.7 Å². The number of nitrogens with zero attached hydrogens (tertiary/aromatic N) is 7. The van der Waals surface area contributed by atoms with E-state index >= 15 is 0 Å². The highest BCUT2D eigenvalue weighted by Crippen LogP contribution is 2.37. The number of primary amides is 1. The molecule has 10 heteroatoms. The van der Waals surface area contributed by atoms with Crippen LogP contribution in [-0.2, 0) is 6.54 Å². The second kappa shape index (κ2) is 7.12. The van der Waals surface area contributed by atoms with Crippen molar-refractivity contribution in [1.82, 2.24) is 34.2 Å². The van der Waals surface area contributed by atoms with Gasteiger partial charge in [0.05, 0.1) is 23.8 Å². The minimum atomic E-state index is -0.412. The van der Waals surface area contributed by atoms with Crippen molar-refractivity contribution in [2.75, 3.05) is 13.2 Å². The highest BCUT2D eigenvalue weighted by atomic mass is 16.5. The van der Waals surface area contributed by atoms with Crippen LogP contribution in [0.5, 0.6) is 5.75 Å². The van der Waals surface area contributed by atoms with Gasteiger partial charge in [-0.15, -0.1) is 0 Å². The number of amides is 2. The van der Waals surface area contributed by atoms with Gasteiger partial charge in [0.2, 0.25) is 0 Å². The number of pyridine rings is 1. The third-order valence-corrected chi connectivity index (χ3v) is 5.66. The van der Waals surface area contributed by atoms with Gasteiger partial charge in [0.15, 0.2) is 5.82 Å². The van der Waals surface area contributed by atoms with E-state index in [9.17, 15) is 4.79 Å². The average Bonchev–Trinajstić information content (AvgIpc) is 3.45. The van der Waals surface area contributed by atoms with Gasteiger partial charge in [-0.05, 0) is 26.7 Å². The minimum Gasteiger partial charge on any atom is -0.491 e. The fraction of sp³-hybridized carbons (Fsp3) is 0.450. The maximum atomic E-state index is 11.7. The first kappa shape index (κ1) is 18.6. The van der Waals surface area contributed by atoms with Crippen LogP contribution < -0.4 is 10.5 Å². The molecule has 1 fully saturated rings. The van der Waals surface area contributed by atoms with Crippen molar-refractivity contribution in [1.29, 1.82) is 0 Å². The second-order valence-electron chi connectivity index (χ2n) is 7.91. The van der Waals surface area contributed by atoms with Crippen LogP contribution in [0.1, 0.15) is 44.5 Å². The Morgan fingerprint density at radius 1 is 1.27 bits per heavy atom. The molecule has 5 rings (SSSR count). The SMILES string of the molecule is CC(C)n1ncnc1-c1cn2c(n1)-c1cnc(C3CCCN3C(N)=O)cc1OCC2. The molecule has 0 aliphatic carbocycles. The smallest absolute Gasteiger partial charge is 0.315 e. The van der Waals surface area contributed by atoms with E-state index in [4.69, 9.17) is 15.5 Å². The molecule has 30 heavy (non-hydrogen) atoms. The van der Waals surface area contributed by atoms with Gasteiger partial charge in [0.25, 0.3) is 0 Å². The van der Waals surface area contributed by atoms with Crippen LogP contribution in [0, 0.1) is 0 Å². The van der Waals surface area contributed by atoms with E-state index in [1.807, 2.05) is 16.9 Å². The Morgan fingerprint density at radius 3 is 2.93 bits per heavy atom. The molecule has 0 aromatic carbocycles. The topological polar surface area (TPSA) is 117 Å². The summed E-state index contributed by atoms with van der Waals surface area (Å²) in [6, 6.07) is 1.58. The molecule has 156 valence electrons. The normalized spacial score (nSPS) is 18.1. The molecular formula is C20H24N8O2. The molecule has 3 aromatic heterocycles. The van der Waals surface area contributed by atoms with Crippen LogP contribution in [0.15, 0.2) is 24.8 Å². The largest absolute Gasteiger partial charge is 0.491 e. The van der Waals surface area contributed by atoms with E-state index in [1.165, 1.54) is 0 Å². The van der Waals surface area contributed by atoms with Crippen molar-refractivity contribution in [3.05, 3.63) is 30.5 Å². The molecule has 2 N–H and O–H groups in total. The van der Waals surface area contributed by atoms with Crippen molar-refractivity contribution < 1.29 is 9.53 Å². The molecule has 2 amide bonds. The number of aromatic nitrogens is 6. The Hall–Kier alpha value is -3.43. The zero-order valence-electron chi connectivity index (χ0n) is 17.0. The quantitative estimate of drug-likeness (QED) is 0.711. The summed E-state index contributed by atoms with van der Waals surface area (Å²) in [6.07, 6.45) is 7.08. The standard InChI is InChI=1S/C20H24N8O2/c1-12(2)28-19(23-11-24-28)15-10-26-6-7-30-17-8-14(22-9-13(17)18(26)25-15)16-4-3-5-27(16)20(21)29/h8-12,16H,3-7H2,1-2H3,(H2,21,29). The predicted molar refractivity (Wildman–Crippen MR) is 109 cm³/mol. The molecular weight excluding hydrogens is 384 g/mol. The number of nitrogens with two attached hydrogens (primary N) is 1. The van der Waals surface area contributed by atoms with Crippen molar-refractivity contribution in [2.45, 2.75) is 45.3 Å². The fourth-order valence-corrected chi connectivity index (χ4v) is 4.23. The lowest BCUT2D eigenvalue weighted by atomic mass is 10.1. The zero-order chi connectivity index (χ0) is 20.8. The highest BCUT2D eigenvalue weighted by molar-refractivity contribution is 5.73. The van der Waals surface area contributed by atoms with Gasteiger partial charge in [-0.25, -0.2) is 19.4 Å². The Morgan fingerprint density at radius 2 is 2.13 bits per heavy atom. The van der Waals surface area contributed by atoms with Crippen LogP contribution >= 0.6 is 0 Å². The summed E-state index contributed by atoms with van der Waals surface area (Å²) in [6.45, 7) is 5.96. The Bertz CT molecular complexity index is 1100. The molecule has 3 aromatic rings. The van der Waals surface area contributed by atoms with Crippen LogP contribution in [0.25, 0.3) is 22.9 Å². The van der Waals surface area contributed by atoms with Gasteiger partial charge in [0, 0.05) is 31.0 Å². The Kier molecular flexibility index (Phi) is 4.41. The summed E-state index contributed by atoms with van der Waals surface area (Å²) >= 11 is 0. The van der Waals surface area contributed by atoms with Crippen molar-refractivity contribution in [3.8, 4) is 28.7 Å². The Balaban J connectivity index is 1.54. The van der Waals surface area contributed by atoms with Crippen molar-refractivity contribution in [3.63, 3.8) is 0 Å². The van der Waals surface area contributed by atoms with Gasteiger partial charge in [0.1, 0.15) is 30.2 Å². The van der Waals surface area contributed by atoms with Gasteiger partial charge >= 0.3 is 6.03 Å². The summed E-state index contributed by atoms with van der Waals surface area (Å²) in [5.41, 5.74) is 7.92. The predicted octanol–water partition coefficient (Wildman–Crippen LogP) is 2.39. The molecule has 0 spiro atoms. The lowest BCUT2D eigenvalue weighted by Crippen LogP contribution is -2.35. The van der Waals surface area contributed by atoms with E-state index in [2.05, 4.69) is 33.5 Å².